The first kappa shape index (κ1) is 14.8. The van der Waals surface area contributed by atoms with Gasteiger partial charge in [0.15, 0.2) is 0 Å². The zero-order chi connectivity index (χ0) is 14.5. The van der Waals surface area contributed by atoms with Crippen molar-refractivity contribution in [3.8, 4) is 5.75 Å². The van der Waals surface area contributed by atoms with Gasteiger partial charge in [-0.15, -0.1) is 0 Å². The number of phenolic OH excluding ortho intramolecular Hbond substituents is 1. The molecule has 0 radical (unpaired) electrons. The lowest BCUT2D eigenvalue weighted by Gasteiger charge is -2.23. The molecule has 1 aliphatic carbocycles. The molecule has 1 amide bonds. The van der Waals surface area contributed by atoms with Gasteiger partial charge in [-0.3, -0.25) is 4.79 Å². The first-order valence-electron chi connectivity index (χ1n) is 7.05. The third-order valence-electron chi connectivity index (χ3n) is 3.90. The average Bonchev–Trinajstić information content (AvgIpc) is 2.92. The molecule has 2 N–H and O–H groups in total. The van der Waals surface area contributed by atoms with Crippen LogP contribution in [-0.2, 0) is 0 Å². The van der Waals surface area contributed by atoms with Gasteiger partial charge in [-0.2, -0.15) is 0 Å². The maximum atomic E-state index is 13.5. The van der Waals surface area contributed by atoms with Crippen molar-refractivity contribution in [1.29, 1.82) is 0 Å². The molecule has 0 aliphatic heterocycles. The van der Waals surface area contributed by atoms with Crippen LogP contribution in [0.5, 0.6) is 5.75 Å². The minimum absolute atomic E-state index is 0.0358. The summed E-state index contributed by atoms with van der Waals surface area (Å²) < 4.78 is 13.5. The smallest absolute Gasteiger partial charge is 0.254 e. The standard InChI is InChI=1S/C15H21FN2O2/c1-18(11-4-2-3-5-11)9-8-17-15(20)13-7-6-12(19)10-14(13)16/h6-7,10-11,19H,2-5,8-9H2,1H3,(H,17,20). The fraction of sp³-hybridized carbons (Fsp3) is 0.533. The zero-order valence-corrected chi connectivity index (χ0v) is 11.7. The van der Waals surface area contributed by atoms with Gasteiger partial charge in [0.2, 0.25) is 0 Å². The summed E-state index contributed by atoms with van der Waals surface area (Å²) in [7, 11) is 2.06. The second-order valence-corrected chi connectivity index (χ2v) is 5.34. The quantitative estimate of drug-likeness (QED) is 0.869. The molecule has 4 nitrogen and oxygen atoms in total. The Morgan fingerprint density at radius 3 is 2.80 bits per heavy atom. The van der Waals surface area contributed by atoms with Gasteiger partial charge in [0.25, 0.3) is 5.91 Å². The van der Waals surface area contributed by atoms with E-state index < -0.39 is 11.7 Å². The van der Waals surface area contributed by atoms with E-state index in [2.05, 4.69) is 17.3 Å². The zero-order valence-electron chi connectivity index (χ0n) is 11.7. The minimum Gasteiger partial charge on any atom is -0.508 e. The van der Waals surface area contributed by atoms with Gasteiger partial charge < -0.3 is 15.3 Å². The molecule has 110 valence electrons. The van der Waals surface area contributed by atoms with E-state index in [1.54, 1.807) is 0 Å². The summed E-state index contributed by atoms with van der Waals surface area (Å²) in [6.45, 7) is 1.25. The highest BCUT2D eigenvalue weighted by Crippen LogP contribution is 2.21. The first-order chi connectivity index (χ1) is 9.58. The van der Waals surface area contributed by atoms with Crippen molar-refractivity contribution in [2.45, 2.75) is 31.7 Å². The Bertz CT molecular complexity index is 473. The predicted octanol–water partition coefficient (Wildman–Crippen LogP) is 2.14. The summed E-state index contributed by atoms with van der Waals surface area (Å²) >= 11 is 0. The fourth-order valence-corrected chi connectivity index (χ4v) is 2.66. The number of carbonyl (C=O) groups is 1. The predicted molar refractivity (Wildman–Crippen MR) is 75.3 cm³/mol. The lowest BCUT2D eigenvalue weighted by molar-refractivity contribution is 0.0943. The van der Waals surface area contributed by atoms with E-state index in [0.29, 0.717) is 12.6 Å². The largest absolute Gasteiger partial charge is 0.508 e. The molecule has 1 fully saturated rings. The molecule has 2 rings (SSSR count). The number of nitrogens with zero attached hydrogens (tertiary/aromatic N) is 1. The van der Waals surface area contributed by atoms with Gasteiger partial charge in [-0.05, 0) is 32.0 Å². The number of halogens is 1. The summed E-state index contributed by atoms with van der Waals surface area (Å²) in [5.74, 6) is -1.33. The Balaban J connectivity index is 1.80. The van der Waals surface area contributed by atoms with Crippen molar-refractivity contribution in [3.63, 3.8) is 0 Å². The highest BCUT2D eigenvalue weighted by atomic mass is 19.1. The Labute approximate surface area is 118 Å². The molecular weight excluding hydrogens is 259 g/mol. The molecule has 1 aliphatic rings. The molecule has 1 aromatic rings. The van der Waals surface area contributed by atoms with Crippen LogP contribution in [0.25, 0.3) is 0 Å². The van der Waals surface area contributed by atoms with E-state index in [1.807, 2.05) is 0 Å². The van der Waals surface area contributed by atoms with Crippen LogP contribution in [-0.4, -0.2) is 42.1 Å². The molecule has 0 unspecified atom stereocenters. The minimum atomic E-state index is -0.702. The van der Waals surface area contributed by atoms with Gasteiger partial charge in [0, 0.05) is 25.2 Å². The van der Waals surface area contributed by atoms with Crippen molar-refractivity contribution >= 4 is 5.91 Å². The number of rotatable bonds is 5. The highest BCUT2D eigenvalue weighted by Gasteiger charge is 2.19. The molecule has 0 aromatic heterocycles. The maximum absolute atomic E-state index is 13.5. The summed E-state index contributed by atoms with van der Waals surface area (Å²) in [5.41, 5.74) is -0.0358. The number of aromatic hydroxyl groups is 1. The third kappa shape index (κ3) is 3.70. The summed E-state index contributed by atoms with van der Waals surface area (Å²) in [6.07, 6.45) is 4.99. The number of phenols is 1. The van der Waals surface area contributed by atoms with Crippen LogP contribution in [0.2, 0.25) is 0 Å². The monoisotopic (exact) mass is 280 g/mol. The van der Waals surface area contributed by atoms with E-state index in [4.69, 9.17) is 5.11 Å². The molecular formula is C15H21FN2O2. The van der Waals surface area contributed by atoms with Crippen LogP contribution in [0.15, 0.2) is 18.2 Å². The third-order valence-corrected chi connectivity index (χ3v) is 3.90. The number of nitrogens with one attached hydrogen (secondary N) is 1. The number of hydrogen-bond donors (Lipinski definition) is 2. The van der Waals surface area contributed by atoms with Crippen molar-refractivity contribution in [1.82, 2.24) is 10.2 Å². The average molecular weight is 280 g/mol. The second kappa shape index (κ2) is 6.70. The summed E-state index contributed by atoms with van der Waals surface area (Å²) in [5, 5.41) is 11.8. The van der Waals surface area contributed by atoms with Crippen LogP contribution in [0.3, 0.4) is 0 Å². The SMILES string of the molecule is CN(CCNC(=O)c1ccc(O)cc1F)C1CCCC1. The molecule has 20 heavy (non-hydrogen) atoms. The van der Waals surface area contributed by atoms with E-state index in [9.17, 15) is 9.18 Å². The van der Waals surface area contributed by atoms with E-state index in [1.165, 1.54) is 37.8 Å². The number of benzene rings is 1. The molecule has 5 heteroatoms. The van der Waals surface area contributed by atoms with Crippen LogP contribution in [0, 0.1) is 5.82 Å². The van der Waals surface area contributed by atoms with Gasteiger partial charge in [-0.1, -0.05) is 12.8 Å². The molecule has 0 heterocycles. The van der Waals surface area contributed by atoms with Crippen molar-refractivity contribution in [3.05, 3.63) is 29.6 Å². The number of amides is 1. The topological polar surface area (TPSA) is 52.6 Å². The summed E-state index contributed by atoms with van der Waals surface area (Å²) in [4.78, 5) is 14.1. The Hall–Kier alpha value is -1.62. The molecule has 1 aromatic carbocycles. The second-order valence-electron chi connectivity index (χ2n) is 5.34. The van der Waals surface area contributed by atoms with Crippen molar-refractivity contribution in [2.24, 2.45) is 0 Å². The summed E-state index contributed by atoms with van der Waals surface area (Å²) in [6, 6.07) is 4.15. The van der Waals surface area contributed by atoms with Crippen LogP contribution < -0.4 is 5.32 Å². The highest BCUT2D eigenvalue weighted by molar-refractivity contribution is 5.94. The molecule has 0 spiro atoms. The Kier molecular flexibility index (Phi) is 4.95. The maximum Gasteiger partial charge on any atom is 0.254 e. The van der Waals surface area contributed by atoms with Crippen molar-refractivity contribution in [2.75, 3.05) is 20.1 Å². The lowest BCUT2D eigenvalue weighted by Crippen LogP contribution is -2.37. The van der Waals surface area contributed by atoms with E-state index in [0.717, 1.165) is 12.6 Å². The molecule has 0 bridgehead atoms. The molecule has 0 atom stereocenters. The normalized spacial score (nSPS) is 15.8. The van der Waals surface area contributed by atoms with Gasteiger partial charge in [0.1, 0.15) is 11.6 Å². The molecule has 0 saturated heterocycles. The van der Waals surface area contributed by atoms with Gasteiger partial charge in [0.05, 0.1) is 5.56 Å². The van der Waals surface area contributed by atoms with E-state index >= 15 is 0 Å². The van der Waals surface area contributed by atoms with E-state index in [-0.39, 0.29) is 11.3 Å². The number of hydrogen-bond acceptors (Lipinski definition) is 3. The van der Waals surface area contributed by atoms with Gasteiger partial charge >= 0.3 is 0 Å². The Morgan fingerprint density at radius 2 is 2.15 bits per heavy atom. The first-order valence-corrected chi connectivity index (χ1v) is 7.05. The Morgan fingerprint density at radius 1 is 1.45 bits per heavy atom. The van der Waals surface area contributed by atoms with Crippen LogP contribution in [0.1, 0.15) is 36.0 Å². The van der Waals surface area contributed by atoms with Crippen LogP contribution in [0.4, 0.5) is 4.39 Å². The number of likely N-dealkylation sites (N-methyl/N-ethyl adjacent to an activating group) is 1. The number of carbonyl (C=O) groups excluding carboxylic acids is 1. The fourth-order valence-electron chi connectivity index (χ4n) is 2.66. The van der Waals surface area contributed by atoms with Gasteiger partial charge in [-0.25, -0.2) is 4.39 Å². The van der Waals surface area contributed by atoms with Crippen LogP contribution >= 0.6 is 0 Å². The van der Waals surface area contributed by atoms with Crippen molar-refractivity contribution < 1.29 is 14.3 Å². The molecule has 1 saturated carbocycles. The lowest BCUT2D eigenvalue weighted by atomic mass is 10.2.